The third kappa shape index (κ3) is 3.16. The number of aromatic nitrogens is 2. The molecule has 0 spiro atoms. The summed E-state index contributed by atoms with van der Waals surface area (Å²) in [6.07, 6.45) is 7.11. The van der Waals surface area contributed by atoms with Crippen LogP contribution in [0, 0.1) is 5.92 Å². The Morgan fingerprint density at radius 2 is 1.74 bits per heavy atom. The molecular weight excluding hydrogens is 340 g/mol. The van der Waals surface area contributed by atoms with Crippen LogP contribution in [-0.2, 0) is 11.3 Å². The molecule has 0 bridgehead atoms. The summed E-state index contributed by atoms with van der Waals surface area (Å²) in [5.41, 5.74) is 0.808. The number of likely N-dealkylation sites (tertiary alicyclic amines) is 2. The van der Waals surface area contributed by atoms with Gasteiger partial charge in [-0.2, -0.15) is 0 Å². The highest BCUT2D eigenvalue weighted by Gasteiger charge is 2.43. The van der Waals surface area contributed by atoms with Gasteiger partial charge in [0.15, 0.2) is 0 Å². The van der Waals surface area contributed by atoms with Crippen LogP contribution < -0.4 is 5.56 Å². The van der Waals surface area contributed by atoms with E-state index in [2.05, 4.69) is 14.8 Å². The number of benzene rings is 1. The van der Waals surface area contributed by atoms with Crippen molar-refractivity contribution in [3.8, 4) is 0 Å². The number of hydrogen-bond donors (Lipinski definition) is 0. The summed E-state index contributed by atoms with van der Waals surface area (Å²) >= 11 is 0. The van der Waals surface area contributed by atoms with Crippen molar-refractivity contribution in [2.75, 3.05) is 19.6 Å². The molecule has 6 heteroatoms. The Labute approximate surface area is 158 Å². The average molecular weight is 366 g/mol. The maximum Gasteiger partial charge on any atom is 0.261 e. The van der Waals surface area contributed by atoms with E-state index in [4.69, 9.17) is 0 Å². The lowest BCUT2D eigenvalue weighted by Crippen LogP contribution is -2.46. The summed E-state index contributed by atoms with van der Waals surface area (Å²) in [5.74, 6) is 0.823. The normalized spacial score (nSPS) is 24.8. The molecule has 27 heavy (non-hydrogen) atoms. The third-order valence-electron chi connectivity index (χ3n) is 6.48. The van der Waals surface area contributed by atoms with Crippen LogP contribution >= 0.6 is 0 Å². The molecule has 0 radical (unpaired) electrons. The van der Waals surface area contributed by atoms with E-state index in [1.165, 1.54) is 12.8 Å². The molecular formula is C21H26N4O2. The van der Waals surface area contributed by atoms with Gasteiger partial charge in [-0.15, -0.1) is 0 Å². The van der Waals surface area contributed by atoms with Gasteiger partial charge in [-0.1, -0.05) is 12.1 Å². The van der Waals surface area contributed by atoms with Gasteiger partial charge in [-0.25, -0.2) is 4.98 Å². The first-order valence-electron chi connectivity index (χ1n) is 10.2. The predicted octanol–water partition coefficient (Wildman–Crippen LogP) is 1.87. The highest BCUT2D eigenvalue weighted by atomic mass is 16.2. The molecule has 5 rings (SSSR count). The van der Waals surface area contributed by atoms with Crippen LogP contribution in [0.15, 0.2) is 35.4 Å². The summed E-state index contributed by atoms with van der Waals surface area (Å²) in [6.45, 7) is 3.56. The fourth-order valence-corrected chi connectivity index (χ4v) is 4.74. The Bertz CT molecular complexity index is 912. The lowest BCUT2D eigenvalue weighted by atomic mass is 9.95. The van der Waals surface area contributed by atoms with Crippen LogP contribution in [0.2, 0.25) is 0 Å². The molecule has 0 N–H and O–H groups in total. The van der Waals surface area contributed by atoms with E-state index in [9.17, 15) is 9.59 Å². The quantitative estimate of drug-likeness (QED) is 0.829. The van der Waals surface area contributed by atoms with E-state index in [0.29, 0.717) is 23.3 Å². The highest BCUT2D eigenvalue weighted by molar-refractivity contribution is 5.84. The Hall–Kier alpha value is -2.21. The monoisotopic (exact) mass is 366 g/mol. The number of amides is 1. The Kier molecular flexibility index (Phi) is 4.23. The number of para-hydroxylation sites is 1. The molecule has 3 heterocycles. The molecule has 1 aliphatic carbocycles. The zero-order valence-corrected chi connectivity index (χ0v) is 15.6. The van der Waals surface area contributed by atoms with Gasteiger partial charge < -0.3 is 4.90 Å². The lowest BCUT2D eigenvalue weighted by Gasteiger charge is -2.35. The SMILES string of the molecule is O=C1C(N2CCC(Cn3cnc4ccccc4c3=O)CC2)CCN1C1CC1. The standard InChI is InChI=1S/C21H26N4O2/c26-20-17-3-1-2-4-18(17)22-14-24(20)13-15-7-10-23(11-8-15)19-9-12-25(21(19)27)16-5-6-16/h1-4,14-16,19H,5-13H2. The maximum atomic E-state index is 12.7. The van der Waals surface area contributed by atoms with Gasteiger partial charge in [0.05, 0.1) is 23.3 Å². The van der Waals surface area contributed by atoms with Crippen LogP contribution in [0.1, 0.15) is 32.1 Å². The minimum Gasteiger partial charge on any atom is -0.338 e. The summed E-state index contributed by atoms with van der Waals surface area (Å²) in [4.78, 5) is 34.3. The van der Waals surface area contributed by atoms with Crippen molar-refractivity contribution in [3.05, 3.63) is 40.9 Å². The maximum absolute atomic E-state index is 12.7. The van der Waals surface area contributed by atoms with Gasteiger partial charge >= 0.3 is 0 Å². The lowest BCUT2D eigenvalue weighted by molar-refractivity contribution is -0.133. The summed E-state index contributed by atoms with van der Waals surface area (Å²) in [7, 11) is 0. The van der Waals surface area contributed by atoms with Gasteiger partial charge in [0.25, 0.3) is 5.56 Å². The number of carbonyl (C=O) groups is 1. The Balaban J connectivity index is 1.22. The minimum atomic E-state index is 0.0501. The largest absolute Gasteiger partial charge is 0.338 e. The molecule has 1 atom stereocenters. The number of fused-ring (bicyclic) bond motifs is 1. The number of rotatable bonds is 4. The molecule has 1 unspecified atom stereocenters. The average Bonchev–Trinajstić information content (AvgIpc) is 3.47. The molecule has 142 valence electrons. The summed E-state index contributed by atoms with van der Waals surface area (Å²) in [5, 5.41) is 0.689. The molecule has 1 aromatic carbocycles. The second-order valence-electron chi connectivity index (χ2n) is 8.27. The van der Waals surface area contributed by atoms with Gasteiger partial charge in [-0.3, -0.25) is 19.1 Å². The Morgan fingerprint density at radius 1 is 0.963 bits per heavy atom. The molecule has 3 fully saturated rings. The van der Waals surface area contributed by atoms with E-state index >= 15 is 0 Å². The van der Waals surface area contributed by atoms with Crippen LogP contribution in [0.4, 0.5) is 0 Å². The van der Waals surface area contributed by atoms with Crippen molar-refractivity contribution in [3.63, 3.8) is 0 Å². The number of piperidine rings is 1. The van der Waals surface area contributed by atoms with Crippen LogP contribution in [0.3, 0.4) is 0 Å². The fraction of sp³-hybridized carbons (Fsp3) is 0.571. The van der Waals surface area contributed by atoms with E-state index in [1.807, 2.05) is 24.3 Å². The number of hydrogen-bond acceptors (Lipinski definition) is 4. The molecule has 1 amide bonds. The second-order valence-corrected chi connectivity index (χ2v) is 8.27. The van der Waals surface area contributed by atoms with Gasteiger partial charge in [0.1, 0.15) is 0 Å². The summed E-state index contributed by atoms with van der Waals surface area (Å²) < 4.78 is 1.76. The first-order chi connectivity index (χ1) is 13.2. The first-order valence-corrected chi connectivity index (χ1v) is 10.2. The molecule has 1 aromatic heterocycles. The molecule has 2 aliphatic heterocycles. The molecule has 3 aliphatic rings. The van der Waals surface area contributed by atoms with Crippen molar-refractivity contribution in [2.45, 2.75) is 50.7 Å². The van der Waals surface area contributed by atoms with Crippen LogP contribution in [-0.4, -0.2) is 57.0 Å². The molecule has 2 aromatic rings. The molecule has 6 nitrogen and oxygen atoms in total. The predicted molar refractivity (Wildman–Crippen MR) is 103 cm³/mol. The van der Waals surface area contributed by atoms with Crippen molar-refractivity contribution in [1.82, 2.24) is 19.4 Å². The summed E-state index contributed by atoms with van der Waals surface area (Å²) in [6, 6.07) is 8.15. The topological polar surface area (TPSA) is 58.4 Å². The zero-order chi connectivity index (χ0) is 18.4. The van der Waals surface area contributed by atoms with Crippen molar-refractivity contribution < 1.29 is 4.79 Å². The van der Waals surface area contributed by atoms with Crippen molar-refractivity contribution >= 4 is 16.8 Å². The minimum absolute atomic E-state index is 0.0501. The van der Waals surface area contributed by atoms with E-state index in [-0.39, 0.29) is 11.6 Å². The van der Waals surface area contributed by atoms with E-state index < -0.39 is 0 Å². The first kappa shape index (κ1) is 16.9. The van der Waals surface area contributed by atoms with Crippen LogP contribution in [0.5, 0.6) is 0 Å². The highest BCUT2D eigenvalue weighted by Crippen LogP contribution is 2.33. The van der Waals surface area contributed by atoms with E-state index in [1.54, 1.807) is 10.9 Å². The van der Waals surface area contributed by atoms with Crippen LogP contribution in [0.25, 0.3) is 10.9 Å². The van der Waals surface area contributed by atoms with E-state index in [0.717, 1.165) is 51.0 Å². The number of carbonyl (C=O) groups excluding carboxylic acids is 1. The molecule has 2 saturated heterocycles. The van der Waals surface area contributed by atoms with Gasteiger partial charge in [0.2, 0.25) is 5.91 Å². The van der Waals surface area contributed by atoms with Crippen molar-refractivity contribution in [1.29, 1.82) is 0 Å². The van der Waals surface area contributed by atoms with Gasteiger partial charge in [0, 0.05) is 19.1 Å². The zero-order valence-electron chi connectivity index (χ0n) is 15.6. The Morgan fingerprint density at radius 3 is 2.52 bits per heavy atom. The van der Waals surface area contributed by atoms with Gasteiger partial charge in [-0.05, 0) is 63.2 Å². The third-order valence-corrected chi connectivity index (χ3v) is 6.48. The number of nitrogens with zero attached hydrogens (tertiary/aromatic N) is 4. The van der Waals surface area contributed by atoms with Crippen molar-refractivity contribution in [2.24, 2.45) is 5.92 Å². The fourth-order valence-electron chi connectivity index (χ4n) is 4.74. The smallest absolute Gasteiger partial charge is 0.261 e. The second kappa shape index (κ2) is 6.75. The molecule has 1 saturated carbocycles.